The average Bonchev–Trinajstić information content (AvgIpc) is 2.93. The number of halogens is 1. The lowest BCUT2D eigenvalue weighted by molar-refractivity contribution is 0.102. The summed E-state index contributed by atoms with van der Waals surface area (Å²) < 4.78 is 42.6. The van der Waals surface area contributed by atoms with Gasteiger partial charge in [0, 0.05) is 11.7 Å². The molecule has 3 rings (SSSR count). The van der Waals surface area contributed by atoms with Gasteiger partial charge in [0.15, 0.2) is 0 Å². The van der Waals surface area contributed by atoms with Gasteiger partial charge in [-0.25, -0.2) is 17.5 Å². The van der Waals surface area contributed by atoms with Crippen LogP contribution in [0.15, 0.2) is 41.3 Å². The Morgan fingerprint density at radius 2 is 1.69 bits per heavy atom. The van der Waals surface area contributed by atoms with Gasteiger partial charge >= 0.3 is 0 Å². The van der Waals surface area contributed by atoms with Gasteiger partial charge in [-0.05, 0) is 62.1 Å². The molecule has 2 N–H and O–H groups in total. The molecule has 7 heteroatoms. The predicted molar refractivity (Wildman–Crippen MR) is 112 cm³/mol. The molecule has 0 spiro atoms. The fourth-order valence-corrected chi connectivity index (χ4v) is 4.92. The van der Waals surface area contributed by atoms with E-state index in [-0.39, 0.29) is 16.5 Å². The van der Waals surface area contributed by atoms with Crippen LogP contribution in [0.1, 0.15) is 60.0 Å². The molecule has 1 fully saturated rings. The molecule has 0 aromatic heterocycles. The molecule has 0 atom stereocenters. The van der Waals surface area contributed by atoms with E-state index in [2.05, 4.69) is 10.0 Å². The maximum Gasteiger partial charge on any atom is 0.258 e. The fourth-order valence-electron chi connectivity index (χ4n) is 3.59. The zero-order valence-corrected chi connectivity index (χ0v) is 17.6. The molecule has 156 valence electrons. The summed E-state index contributed by atoms with van der Waals surface area (Å²) in [6.45, 7) is 3.73. The third-order valence-corrected chi connectivity index (χ3v) is 6.83. The van der Waals surface area contributed by atoms with Crippen molar-refractivity contribution in [2.45, 2.75) is 63.3 Å². The SMILES string of the molecule is Cc1ccc(C)c(NC(=O)c2cc(S(=O)(=O)NC3CCCCCC3)ccc2F)c1. The summed E-state index contributed by atoms with van der Waals surface area (Å²) in [4.78, 5) is 12.5. The van der Waals surface area contributed by atoms with Crippen LogP contribution in [0.5, 0.6) is 0 Å². The fraction of sp³-hybridized carbons (Fsp3) is 0.409. The molecule has 1 saturated carbocycles. The van der Waals surface area contributed by atoms with E-state index in [4.69, 9.17) is 0 Å². The number of nitrogens with one attached hydrogen (secondary N) is 2. The molecule has 5 nitrogen and oxygen atoms in total. The Balaban J connectivity index is 1.83. The lowest BCUT2D eigenvalue weighted by atomic mass is 10.1. The Bertz CT molecular complexity index is 997. The van der Waals surface area contributed by atoms with Gasteiger partial charge in [0.2, 0.25) is 10.0 Å². The van der Waals surface area contributed by atoms with Gasteiger partial charge in [0.1, 0.15) is 5.82 Å². The second-order valence-corrected chi connectivity index (χ2v) is 9.44. The van der Waals surface area contributed by atoms with Crippen LogP contribution in [0.3, 0.4) is 0 Å². The minimum absolute atomic E-state index is 0.103. The first-order valence-electron chi connectivity index (χ1n) is 9.97. The number of hydrogen-bond acceptors (Lipinski definition) is 3. The number of benzene rings is 2. The van der Waals surface area contributed by atoms with Gasteiger partial charge in [0.05, 0.1) is 10.5 Å². The van der Waals surface area contributed by atoms with Crippen LogP contribution in [-0.4, -0.2) is 20.4 Å². The number of carbonyl (C=O) groups excluding carboxylic acids is 1. The number of sulfonamides is 1. The molecule has 0 aliphatic heterocycles. The van der Waals surface area contributed by atoms with Gasteiger partial charge in [-0.3, -0.25) is 4.79 Å². The molecule has 1 aliphatic rings. The number of anilines is 1. The van der Waals surface area contributed by atoms with Crippen molar-refractivity contribution in [2.24, 2.45) is 0 Å². The zero-order valence-electron chi connectivity index (χ0n) is 16.8. The first kappa shape index (κ1) is 21.5. The van der Waals surface area contributed by atoms with Crippen molar-refractivity contribution >= 4 is 21.6 Å². The average molecular weight is 419 g/mol. The maximum absolute atomic E-state index is 14.3. The molecular weight excluding hydrogens is 391 g/mol. The van der Waals surface area contributed by atoms with Crippen molar-refractivity contribution in [2.75, 3.05) is 5.32 Å². The van der Waals surface area contributed by atoms with Gasteiger partial charge in [-0.1, -0.05) is 37.8 Å². The van der Waals surface area contributed by atoms with Crippen LogP contribution < -0.4 is 10.0 Å². The van der Waals surface area contributed by atoms with Crippen molar-refractivity contribution in [3.8, 4) is 0 Å². The van der Waals surface area contributed by atoms with Crippen molar-refractivity contribution in [3.63, 3.8) is 0 Å². The second kappa shape index (κ2) is 9.05. The van der Waals surface area contributed by atoms with E-state index in [1.807, 2.05) is 26.0 Å². The molecule has 29 heavy (non-hydrogen) atoms. The number of amides is 1. The van der Waals surface area contributed by atoms with E-state index in [1.165, 1.54) is 6.07 Å². The second-order valence-electron chi connectivity index (χ2n) is 7.72. The van der Waals surface area contributed by atoms with Crippen LogP contribution in [0, 0.1) is 19.7 Å². The van der Waals surface area contributed by atoms with Crippen molar-refractivity contribution in [1.29, 1.82) is 0 Å². The van der Waals surface area contributed by atoms with E-state index >= 15 is 0 Å². The lowest BCUT2D eigenvalue weighted by Gasteiger charge is -2.17. The summed E-state index contributed by atoms with van der Waals surface area (Å²) in [5.41, 5.74) is 2.06. The highest BCUT2D eigenvalue weighted by molar-refractivity contribution is 7.89. The Hall–Kier alpha value is -2.25. The molecule has 1 amide bonds. The van der Waals surface area contributed by atoms with Gasteiger partial charge < -0.3 is 5.32 Å². The van der Waals surface area contributed by atoms with E-state index in [1.54, 1.807) is 6.07 Å². The Morgan fingerprint density at radius 1 is 1.00 bits per heavy atom. The van der Waals surface area contributed by atoms with Gasteiger partial charge in [-0.15, -0.1) is 0 Å². The summed E-state index contributed by atoms with van der Waals surface area (Å²) in [6.07, 6.45) is 5.77. The molecule has 0 unspecified atom stereocenters. The molecule has 0 saturated heterocycles. The zero-order chi connectivity index (χ0) is 21.0. The summed E-state index contributed by atoms with van der Waals surface area (Å²) in [5, 5.41) is 2.68. The normalized spacial score (nSPS) is 15.7. The van der Waals surface area contributed by atoms with Crippen molar-refractivity contribution < 1.29 is 17.6 Å². The van der Waals surface area contributed by atoms with Crippen LogP contribution in [0.4, 0.5) is 10.1 Å². The van der Waals surface area contributed by atoms with Crippen molar-refractivity contribution in [1.82, 2.24) is 4.72 Å². The highest BCUT2D eigenvalue weighted by Gasteiger charge is 2.23. The van der Waals surface area contributed by atoms with Crippen LogP contribution in [-0.2, 0) is 10.0 Å². The van der Waals surface area contributed by atoms with E-state index in [0.29, 0.717) is 5.69 Å². The molecule has 2 aromatic carbocycles. The third kappa shape index (κ3) is 5.42. The lowest BCUT2D eigenvalue weighted by Crippen LogP contribution is -2.34. The molecule has 0 heterocycles. The Labute approximate surface area is 171 Å². The number of hydrogen-bond donors (Lipinski definition) is 2. The van der Waals surface area contributed by atoms with E-state index in [0.717, 1.165) is 61.8 Å². The standard InChI is InChI=1S/C22H27FN2O3S/c1-15-9-10-16(2)21(13-15)24-22(26)19-14-18(11-12-20(19)23)29(27,28)25-17-7-5-3-4-6-8-17/h9-14,17,25H,3-8H2,1-2H3,(H,24,26). The minimum atomic E-state index is -3.83. The summed E-state index contributed by atoms with van der Waals surface area (Å²) >= 11 is 0. The van der Waals surface area contributed by atoms with Crippen LogP contribution in [0.2, 0.25) is 0 Å². The molecule has 0 bridgehead atoms. The van der Waals surface area contributed by atoms with E-state index < -0.39 is 21.7 Å². The van der Waals surface area contributed by atoms with Gasteiger partial charge in [-0.2, -0.15) is 0 Å². The van der Waals surface area contributed by atoms with Crippen molar-refractivity contribution in [3.05, 3.63) is 58.9 Å². The molecule has 0 radical (unpaired) electrons. The Kier molecular flexibility index (Phi) is 6.70. The number of carbonyl (C=O) groups is 1. The van der Waals surface area contributed by atoms with Crippen LogP contribution >= 0.6 is 0 Å². The highest BCUT2D eigenvalue weighted by atomic mass is 32.2. The van der Waals surface area contributed by atoms with Crippen LogP contribution in [0.25, 0.3) is 0 Å². The first-order valence-corrected chi connectivity index (χ1v) is 11.4. The number of rotatable bonds is 5. The molecular formula is C22H27FN2O3S. The first-order chi connectivity index (χ1) is 13.8. The van der Waals surface area contributed by atoms with Gasteiger partial charge in [0.25, 0.3) is 5.91 Å². The molecule has 2 aromatic rings. The predicted octanol–water partition coefficient (Wildman–Crippen LogP) is 4.70. The largest absolute Gasteiger partial charge is 0.322 e. The molecule has 1 aliphatic carbocycles. The third-order valence-electron chi connectivity index (χ3n) is 5.31. The monoisotopic (exact) mass is 418 g/mol. The van der Waals surface area contributed by atoms with E-state index in [9.17, 15) is 17.6 Å². The topological polar surface area (TPSA) is 75.3 Å². The summed E-state index contributed by atoms with van der Waals surface area (Å²) in [5.74, 6) is -1.44. The maximum atomic E-state index is 14.3. The minimum Gasteiger partial charge on any atom is -0.322 e. The smallest absolute Gasteiger partial charge is 0.258 e. The number of aryl methyl sites for hydroxylation is 2. The summed E-state index contributed by atoms with van der Waals surface area (Å²) in [7, 11) is -3.83. The highest BCUT2D eigenvalue weighted by Crippen LogP contribution is 2.22. The quantitative estimate of drug-likeness (QED) is 0.692. The Morgan fingerprint density at radius 3 is 2.38 bits per heavy atom. The summed E-state index contributed by atoms with van der Waals surface area (Å²) in [6, 6.07) is 8.77.